The molecule has 0 aromatic rings. The third-order valence-electron chi connectivity index (χ3n) is 1.37. The molecule has 0 aromatic heterocycles. The van der Waals surface area contributed by atoms with Crippen molar-refractivity contribution < 1.29 is 24.9 Å². The van der Waals surface area contributed by atoms with Crippen molar-refractivity contribution in [2.24, 2.45) is 0 Å². The highest BCUT2D eigenvalue weighted by Crippen LogP contribution is 2.01. The Hall–Kier alpha value is -0.135. The van der Waals surface area contributed by atoms with Crippen LogP contribution in [0.4, 0.5) is 0 Å². The minimum absolute atomic E-state index is 0.277. The molecule has 72 valence electrons. The van der Waals surface area contributed by atoms with E-state index in [1.165, 1.54) is 0 Å². The van der Waals surface area contributed by atoms with Crippen LogP contribution in [-0.4, -0.2) is 40.5 Å². The van der Waals surface area contributed by atoms with Crippen molar-refractivity contribution in [1.82, 2.24) is 0 Å². The summed E-state index contributed by atoms with van der Waals surface area (Å²) in [5, 5.41) is 33.4. The fourth-order valence-corrected chi connectivity index (χ4v) is 0.794. The molecule has 0 spiro atoms. The number of hydrogen-bond donors (Lipinski definition) is 4. The third-order valence-corrected chi connectivity index (χ3v) is 1.37. The quantitative estimate of drug-likeness (QED) is 0.224. The average Bonchev–Trinajstić information content (AvgIpc) is 1.95. The second-order valence-corrected chi connectivity index (χ2v) is 2.53. The molecule has 0 aliphatic carbocycles. The molecule has 0 heterocycles. The minimum Gasteiger partial charge on any atom is -0.402 e. The lowest BCUT2D eigenvalue weighted by molar-refractivity contribution is -0.0467. The maximum atomic E-state index is 8.44. The van der Waals surface area contributed by atoms with Crippen molar-refractivity contribution >= 4 is 7.32 Å². The van der Waals surface area contributed by atoms with Crippen LogP contribution in [-0.2, 0) is 4.65 Å². The number of hydrogen-bond acceptors (Lipinski definition) is 5. The van der Waals surface area contributed by atoms with Crippen LogP contribution >= 0.6 is 0 Å². The minimum atomic E-state index is -1.70. The van der Waals surface area contributed by atoms with Crippen LogP contribution in [0.15, 0.2) is 0 Å². The Kier molecular flexibility index (Phi) is 7.43. The summed E-state index contributed by atoms with van der Waals surface area (Å²) < 4.78 is 4.43. The van der Waals surface area contributed by atoms with Crippen molar-refractivity contribution in [1.29, 1.82) is 0 Å². The first-order valence-corrected chi connectivity index (χ1v) is 3.97. The third kappa shape index (κ3) is 9.86. The van der Waals surface area contributed by atoms with Gasteiger partial charge in [-0.05, 0) is 19.3 Å². The van der Waals surface area contributed by atoms with E-state index in [1.807, 2.05) is 0 Å². The zero-order valence-electron chi connectivity index (χ0n) is 6.89. The predicted octanol–water partition coefficient (Wildman–Crippen LogP) is -1.16. The van der Waals surface area contributed by atoms with Crippen molar-refractivity contribution in [2.75, 3.05) is 6.61 Å². The molecule has 0 rings (SSSR count). The van der Waals surface area contributed by atoms with Crippen molar-refractivity contribution in [3.05, 3.63) is 0 Å². The Morgan fingerprint density at radius 1 is 1.08 bits per heavy atom. The van der Waals surface area contributed by atoms with Crippen LogP contribution in [0.5, 0.6) is 0 Å². The summed E-state index contributed by atoms with van der Waals surface area (Å²) in [6.45, 7) is 0.277. The first kappa shape index (κ1) is 11.9. The van der Waals surface area contributed by atoms with E-state index < -0.39 is 13.6 Å². The van der Waals surface area contributed by atoms with E-state index in [1.54, 1.807) is 0 Å². The molecule has 6 heteroatoms. The van der Waals surface area contributed by atoms with Crippen LogP contribution in [0.2, 0.25) is 0 Å². The molecule has 0 aliphatic heterocycles. The van der Waals surface area contributed by atoms with Crippen molar-refractivity contribution in [2.45, 2.75) is 32.0 Å². The van der Waals surface area contributed by atoms with Gasteiger partial charge in [0, 0.05) is 6.61 Å². The van der Waals surface area contributed by atoms with Gasteiger partial charge in [-0.2, -0.15) is 0 Å². The Balaban J connectivity index is 2.91. The summed E-state index contributed by atoms with van der Waals surface area (Å²) >= 11 is 0. The topological polar surface area (TPSA) is 90.2 Å². The largest absolute Gasteiger partial charge is 0.633 e. The smallest absolute Gasteiger partial charge is 0.402 e. The van der Waals surface area contributed by atoms with E-state index in [0.29, 0.717) is 19.3 Å². The Morgan fingerprint density at radius 2 is 1.75 bits per heavy atom. The molecule has 5 nitrogen and oxygen atoms in total. The zero-order valence-corrected chi connectivity index (χ0v) is 6.89. The molecule has 0 atom stereocenters. The van der Waals surface area contributed by atoms with Crippen molar-refractivity contribution in [3.63, 3.8) is 0 Å². The first-order valence-electron chi connectivity index (χ1n) is 3.97. The number of aliphatic hydroxyl groups is 2. The summed E-state index contributed by atoms with van der Waals surface area (Å²) in [7, 11) is -1.70. The molecule has 0 amide bonds. The van der Waals surface area contributed by atoms with Gasteiger partial charge in [-0.25, -0.2) is 0 Å². The van der Waals surface area contributed by atoms with Gasteiger partial charge < -0.3 is 24.9 Å². The molecule has 0 bridgehead atoms. The molecule has 0 fully saturated rings. The number of unbranched alkanes of at least 4 members (excludes halogenated alkanes) is 2. The fraction of sp³-hybridized carbons (Fsp3) is 1.00. The average molecular weight is 178 g/mol. The lowest BCUT2D eigenvalue weighted by atomic mass is 10.2. The summed E-state index contributed by atoms with van der Waals surface area (Å²) in [6, 6.07) is 0. The van der Waals surface area contributed by atoms with Crippen LogP contribution in [0.3, 0.4) is 0 Å². The second-order valence-electron chi connectivity index (χ2n) is 2.53. The van der Waals surface area contributed by atoms with Gasteiger partial charge in [0.1, 0.15) is 0 Å². The molecular formula is C6H15BO5. The Morgan fingerprint density at radius 3 is 2.25 bits per heavy atom. The van der Waals surface area contributed by atoms with E-state index in [2.05, 4.69) is 4.65 Å². The van der Waals surface area contributed by atoms with Gasteiger partial charge >= 0.3 is 7.32 Å². The van der Waals surface area contributed by atoms with Gasteiger partial charge in [0.05, 0.1) is 0 Å². The lowest BCUT2D eigenvalue weighted by Gasteiger charge is -2.03. The summed E-state index contributed by atoms with van der Waals surface area (Å²) in [5.74, 6) is 0. The van der Waals surface area contributed by atoms with Crippen LogP contribution in [0.1, 0.15) is 25.7 Å². The van der Waals surface area contributed by atoms with E-state index in [9.17, 15) is 0 Å². The SMILES string of the molecule is OB(O)OCCCCCC(O)O. The van der Waals surface area contributed by atoms with Gasteiger partial charge in [0.15, 0.2) is 6.29 Å². The normalized spacial score (nSPS) is 10.8. The van der Waals surface area contributed by atoms with Gasteiger partial charge in [-0.15, -0.1) is 0 Å². The highest BCUT2D eigenvalue weighted by Gasteiger charge is 2.06. The highest BCUT2D eigenvalue weighted by atomic mass is 16.6. The number of rotatable bonds is 7. The molecule has 0 radical (unpaired) electrons. The maximum absolute atomic E-state index is 8.44. The summed E-state index contributed by atoms with van der Waals surface area (Å²) in [4.78, 5) is 0. The second kappa shape index (κ2) is 7.51. The Bertz CT molecular complexity index is 85.9. The van der Waals surface area contributed by atoms with Crippen LogP contribution in [0, 0.1) is 0 Å². The van der Waals surface area contributed by atoms with Crippen molar-refractivity contribution in [3.8, 4) is 0 Å². The molecule has 0 saturated carbocycles. The van der Waals surface area contributed by atoms with Gasteiger partial charge in [-0.1, -0.05) is 6.42 Å². The Labute approximate surface area is 71.8 Å². The van der Waals surface area contributed by atoms with Gasteiger partial charge in [0.2, 0.25) is 0 Å². The van der Waals surface area contributed by atoms with Gasteiger partial charge in [-0.3, -0.25) is 0 Å². The standard InChI is InChI=1S/C6H15BO5/c8-6(9)4-2-1-3-5-12-7(10)11/h6,8-11H,1-5H2. The number of aliphatic hydroxyl groups excluding tert-OH is 1. The molecule has 0 unspecified atom stereocenters. The molecular weight excluding hydrogens is 163 g/mol. The van der Waals surface area contributed by atoms with Crippen LogP contribution < -0.4 is 0 Å². The molecule has 0 saturated heterocycles. The maximum Gasteiger partial charge on any atom is 0.633 e. The molecule has 0 aliphatic rings. The van der Waals surface area contributed by atoms with E-state index in [0.717, 1.165) is 6.42 Å². The van der Waals surface area contributed by atoms with E-state index in [4.69, 9.17) is 20.3 Å². The molecule has 4 N–H and O–H groups in total. The van der Waals surface area contributed by atoms with Crippen LogP contribution in [0.25, 0.3) is 0 Å². The monoisotopic (exact) mass is 178 g/mol. The van der Waals surface area contributed by atoms with E-state index in [-0.39, 0.29) is 6.61 Å². The molecule has 0 aromatic carbocycles. The lowest BCUT2D eigenvalue weighted by Crippen LogP contribution is -2.17. The zero-order chi connectivity index (χ0) is 9.40. The summed E-state index contributed by atoms with van der Waals surface area (Å²) in [5.41, 5.74) is 0. The van der Waals surface area contributed by atoms with E-state index >= 15 is 0 Å². The fourth-order valence-electron chi connectivity index (χ4n) is 0.794. The molecule has 12 heavy (non-hydrogen) atoms. The van der Waals surface area contributed by atoms with Gasteiger partial charge in [0.25, 0.3) is 0 Å². The summed E-state index contributed by atoms with van der Waals surface area (Å²) in [6.07, 6.45) is 1.27. The highest BCUT2D eigenvalue weighted by molar-refractivity contribution is 6.32. The predicted molar refractivity (Wildman–Crippen MR) is 42.8 cm³/mol. The first-order chi connectivity index (χ1) is 5.63.